The van der Waals surface area contributed by atoms with Crippen LogP contribution in [0.25, 0.3) is 0 Å². The molecule has 0 spiro atoms. The second-order valence-corrected chi connectivity index (χ2v) is 4.68. The molecule has 1 aliphatic rings. The maximum absolute atomic E-state index is 11.0. The lowest BCUT2D eigenvalue weighted by Crippen LogP contribution is -2.43. The lowest BCUT2D eigenvalue weighted by molar-refractivity contribution is -0.120. The van der Waals surface area contributed by atoms with Gasteiger partial charge >= 0.3 is 0 Å². The van der Waals surface area contributed by atoms with Gasteiger partial charge in [-0.25, -0.2) is 8.42 Å². The Bertz CT molecular complexity index is 285. The van der Waals surface area contributed by atoms with Crippen LogP contribution in [0.5, 0.6) is 0 Å². The zero-order valence-electron chi connectivity index (χ0n) is 6.73. The number of nitrogens with two attached hydrogens (primary N) is 1. The molecule has 0 aliphatic carbocycles. The predicted molar refractivity (Wildman–Crippen MR) is 43.4 cm³/mol. The number of nitrogens with zero attached hydrogens (tertiary/aromatic N) is 1. The third-order valence-corrected chi connectivity index (χ3v) is 3.03. The minimum atomic E-state index is -3.30. The molecule has 0 bridgehead atoms. The third-order valence-electron chi connectivity index (χ3n) is 1.77. The second-order valence-electron chi connectivity index (χ2n) is 2.75. The van der Waals surface area contributed by atoms with Crippen LogP contribution in [-0.4, -0.2) is 37.5 Å². The Labute approximate surface area is 71.6 Å². The van der Waals surface area contributed by atoms with Crippen LogP contribution in [-0.2, 0) is 14.8 Å². The van der Waals surface area contributed by atoms with E-state index in [0.717, 1.165) is 10.6 Å². The SMILES string of the molecule is CS(=O)(=O)N1CC[CH]C1C(N)=O. The van der Waals surface area contributed by atoms with Gasteiger partial charge in [0, 0.05) is 6.54 Å². The van der Waals surface area contributed by atoms with Gasteiger partial charge in [0.25, 0.3) is 0 Å². The van der Waals surface area contributed by atoms with Crippen molar-refractivity contribution in [3.05, 3.63) is 6.42 Å². The molecule has 2 N–H and O–H groups in total. The fourth-order valence-corrected chi connectivity index (χ4v) is 2.29. The number of hydrogen-bond acceptors (Lipinski definition) is 3. The molecule has 1 rings (SSSR count). The standard InChI is InChI=1S/C6H11N2O3S/c1-12(10,11)8-4-2-3-5(8)6(7)9/h3,5H,2,4H2,1H3,(H2,7,9). The lowest BCUT2D eigenvalue weighted by Gasteiger charge is -2.18. The van der Waals surface area contributed by atoms with Crippen LogP contribution in [0.2, 0.25) is 0 Å². The van der Waals surface area contributed by atoms with Crippen LogP contribution in [0.15, 0.2) is 0 Å². The molecule has 0 saturated carbocycles. The Hall–Kier alpha value is -0.620. The molecule has 1 fully saturated rings. The van der Waals surface area contributed by atoms with E-state index in [-0.39, 0.29) is 0 Å². The number of primary amides is 1. The number of amides is 1. The summed E-state index contributed by atoms with van der Waals surface area (Å²) >= 11 is 0. The Morgan fingerprint density at radius 2 is 2.25 bits per heavy atom. The van der Waals surface area contributed by atoms with Crippen LogP contribution in [0.3, 0.4) is 0 Å². The summed E-state index contributed by atoms with van der Waals surface area (Å²) < 4.78 is 23.2. The molecule has 1 saturated heterocycles. The summed E-state index contributed by atoms with van der Waals surface area (Å²) in [6, 6.07) is -0.750. The minimum Gasteiger partial charge on any atom is -0.368 e. The Balaban J connectivity index is 2.85. The Morgan fingerprint density at radius 3 is 2.58 bits per heavy atom. The maximum Gasteiger partial charge on any atom is 0.236 e. The van der Waals surface area contributed by atoms with Gasteiger partial charge in [-0.05, 0) is 12.8 Å². The molecule has 1 heterocycles. The fourth-order valence-electron chi connectivity index (χ4n) is 1.25. The van der Waals surface area contributed by atoms with Gasteiger partial charge in [-0.15, -0.1) is 0 Å². The molecule has 1 atom stereocenters. The molecule has 0 aromatic carbocycles. The van der Waals surface area contributed by atoms with Crippen LogP contribution in [0.4, 0.5) is 0 Å². The van der Waals surface area contributed by atoms with E-state index < -0.39 is 22.0 Å². The summed E-state index contributed by atoms with van der Waals surface area (Å²) in [6.45, 7) is 0.354. The van der Waals surface area contributed by atoms with Gasteiger partial charge in [0.15, 0.2) is 0 Å². The molecule has 0 aromatic rings. The highest BCUT2D eigenvalue weighted by molar-refractivity contribution is 7.88. The van der Waals surface area contributed by atoms with Crippen molar-refractivity contribution < 1.29 is 13.2 Å². The molecule has 6 heteroatoms. The van der Waals surface area contributed by atoms with Crippen molar-refractivity contribution >= 4 is 15.9 Å². The molecule has 69 valence electrons. The minimum absolute atomic E-state index is 0.354. The largest absolute Gasteiger partial charge is 0.368 e. The van der Waals surface area contributed by atoms with Crippen molar-refractivity contribution in [2.45, 2.75) is 12.5 Å². The topological polar surface area (TPSA) is 80.5 Å². The number of carbonyl (C=O) groups excluding carboxylic acids is 1. The normalized spacial score (nSPS) is 25.9. The highest BCUT2D eigenvalue weighted by Crippen LogP contribution is 2.18. The van der Waals surface area contributed by atoms with E-state index in [1.165, 1.54) is 0 Å². The van der Waals surface area contributed by atoms with Crippen molar-refractivity contribution in [1.29, 1.82) is 0 Å². The van der Waals surface area contributed by atoms with E-state index in [1.54, 1.807) is 6.42 Å². The molecule has 1 radical (unpaired) electrons. The molecule has 1 unspecified atom stereocenters. The van der Waals surface area contributed by atoms with Crippen molar-refractivity contribution in [1.82, 2.24) is 4.31 Å². The third kappa shape index (κ3) is 1.75. The molecule has 1 aliphatic heterocycles. The molecule has 12 heavy (non-hydrogen) atoms. The molecular weight excluding hydrogens is 180 g/mol. The predicted octanol–water partition coefficient (Wildman–Crippen LogP) is -1.29. The first-order chi connectivity index (χ1) is 5.43. The van der Waals surface area contributed by atoms with Gasteiger partial charge in [0.2, 0.25) is 15.9 Å². The van der Waals surface area contributed by atoms with Crippen molar-refractivity contribution in [2.24, 2.45) is 5.73 Å². The molecular formula is C6H11N2O3S. The summed E-state index contributed by atoms with van der Waals surface area (Å²) in [5, 5.41) is 0. The van der Waals surface area contributed by atoms with Crippen molar-refractivity contribution in [3.8, 4) is 0 Å². The van der Waals surface area contributed by atoms with E-state index in [0.29, 0.717) is 13.0 Å². The van der Waals surface area contributed by atoms with E-state index in [1.807, 2.05) is 0 Å². The van der Waals surface area contributed by atoms with Gasteiger partial charge in [-0.2, -0.15) is 4.31 Å². The van der Waals surface area contributed by atoms with Gasteiger partial charge in [-0.1, -0.05) is 0 Å². The van der Waals surface area contributed by atoms with Gasteiger partial charge in [0.1, 0.15) is 6.04 Å². The smallest absolute Gasteiger partial charge is 0.236 e. The quantitative estimate of drug-likeness (QED) is 0.589. The van der Waals surface area contributed by atoms with Crippen LogP contribution < -0.4 is 5.73 Å². The van der Waals surface area contributed by atoms with E-state index in [2.05, 4.69) is 0 Å². The summed E-state index contributed by atoms with van der Waals surface area (Å²) in [5.74, 6) is -0.613. The van der Waals surface area contributed by atoms with E-state index >= 15 is 0 Å². The van der Waals surface area contributed by atoms with E-state index in [4.69, 9.17) is 5.73 Å². The number of rotatable bonds is 2. The zero-order valence-corrected chi connectivity index (χ0v) is 7.54. The molecule has 0 aromatic heterocycles. The van der Waals surface area contributed by atoms with Gasteiger partial charge in [-0.3, -0.25) is 4.79 Å². The Morgan fingerprint density at radius 1 is 1.67 bits per heavy atom. The van der Waals surface area contributed by atoms with Crippen LogP contribution >= 0.6 is 0 Å². The molecule has 5 nitrogen and oxygen atoms in total. The number of hydrogen-bond donors (Lipinski definition) is 1. The molecule has 1 amide bonds. The van der Waals surface area contributed by atoms with Crippen LogP contribution in [0.1, 0.15) is 6.42 Å². The van der Waals surface area contributed by atoms with Crippen molar-refractivity contribution in [2.75, 3.05) is 12.8 Å². The number of sulfonamides is 1. The summed E-state index contributed by atoms with van der Waals surface area (Å²) in [6.07, 6.45) is 3.27. The highest BCUT2D eigenvalue weighted by Gasteiger charge is 2.35. The van der Waals surface area contributed by atoms with Crippen LogP contribution in [0, 0.1) is 6.42 Å². The first-order valence-corrected chi connectivity index (χ1v) is 5.37. The van der Waals surface area contributed by atoms with Gasteiger partial charge < -0.3 is 5.73 Å². The average molecular weight is 191 g/mol. The zero-order chi connectivity index (χ0) is 9.35. The summed E-state index contributed by atoms with van der Waals surface area (Å²) in [7, 11) is -3.30. The van der Waals surface area contributed by atoms with Gasteiger partial charge in [0.05, 0.1) is 6.26 Å². The average Bonchev–Trinajstić information content (AvgIpc) is 2.30. The number of carbonyl (C=O) groups is 1. The second kappa shape index (κ2) is 3.02. The lowest BCUT2D eigenvalue weighted by atomic mass is 10.2. The monoisotopic (exact) mass is 191 g/mol. The maximum atomic E-state index is 11.0. The Kier molecular flexibility index (Phi) is 2.39. The summed E-state index contributed by atoms with van der Waals surface area (Å²) in [4.78, 5) is 10.7. The van der Waals surface area contributed by atoms with Crippen molar-refractivity contribution in [3.63, 3.8) is 0 Å². The first kappa shape index (κ1) is 9.47. The fraction of sp³-hybridized carbons (Fsp3) is 0.667. The summed E-state index contributed by atoms with van der Waals surface area (Å²) in [5.41, 5.74) is 5.01. The first-order valence-electron chi connectivity index (χ1n) is 3.52. The van der Waals surface area contributed by atoms with E-state index in [9.17, 15) is 13.2 Å². The highest BCUT2D eigenvalue weighted by atomic mass is 32.2.